The van der Waals surface area contributed by atoms with Crippen LogP contribution in [0.25, 0.3) is 0 Å². The molecule has 3 rings (SSSR count). The van der Waals surface area contributed by atoms with E-state index < -0.39 is 15.9 Å². The summed E-state index contributed by atoms with van der Waals surface area (Å²) in [5, 5.41) is 3.24. The highest BCUT2D eigenvalue weighted by Crippen LogP contribution is 2.25. The molecule has 0 radical (unpaired) electrons. The van der Waals surface area contributed by atoms with Crippen LogP contribution in [0.2, 0.25) is 5.02 Å². The largest absolute Gasteiger partial charge is 0.322 e. The molecule has 138 valence electrons. The van der Waals surface area contributed by atoms with Gasteiger partial charge in [-0.1, -0.05) is 17.7 Å². The number of nitrogens with one attached hydrogen (secondary N) is 2. The monoisotopic (exact) mass is 465 g/mol. The minimum Gasteiger partial charge on any atom is -0.322 e. The summed E-state index contributed by atoms with van der Waals surface area (Å²) in [4.78, 5) is 16.3. The topological polar surface area (TPSA) is 88.2 Å². The molecule has 1 aromatic heterocycles. The van der Waals surface area contributed by atoms with Crippen LogP contribution in [0.15, 0.2) is 76.2 Å². The molecule has 0 spiro atoms. The summed E-state index contributed by atoms with van der Waals surface area (Å²) >= 11 is 9.04. The van der Waals surface area contributed by atoms with Crippen molar-refractivity contribution >= 4 is 55.0 Å². The van der Waals surface area contributed by atoms with Crippen LogP contribution in [-0.2, 0) is 10.0 Å². The highest BCUT2D eigenvalue weighted by Gasteiger charge is 2.20. The number of halogens is 2. The number of benzene rings is 2. The van der Waals surface area contributed by atoms with Gasteiger partial charge in [0.1, 0.15) is 10.7 Å². The van der Waals surface area contributed by atoms with Gasteiger partial charge in [0.25, 0.3) is 15.9 Å². The molecule has 2 N–H and O–H groups in total. The molecule has 0 saturated carbocycles. The minimum absolute atomic E-state index is 0.0723. The van der Waals surface area contributed by atoms with Gasteiger partial charge >= 0.3 is 0 Å². The first kappa shape index (κ1) is 19.3. The fourth-order valence-electron chi connectivity index (χ4n) is 2.20. The fraction of sp³-hybridized carbons (Fsp3) is 0. The first-order valence-electron chi connectivity index (χ1n) is 7.65. The Morgan fingerprint density at radius 3 is 2.44 bits per heavy atom. The summed E-state index contributed by atoms with van der Waals surface area (Å²) in [5.41, 5.74) is 0.734. The molecule has 0 saturated heterocycles. The van der Waals surface area contributed by atoms with Crippen molar-refractivity contribution in [2.24, 2.45) is 0 Å². The van der Waals surface area contributed by atoms with E-state index in [9.17, 15) is 13.2 Å². The third-order valence-corrected chi connectivity index (χ3v) is 6.09. The molecule has 0 bridgehead atoms. The van der Waals surface area contributed by atoms with Crippen molar-refractivity contribution in [1.82, 2.24) is 4.98 Å². The van der Waals surface area contributed by atoms with Crippen LogP contribution >= 0.6 is 27.5 Å². The quantitative estimate of drug-likeness (QED) is 0.577. The molecule has 9 heteroatoms. The first-order chi connectivity index (χ1) is 12.8. The Labute approximate surface area is 169 Å². The van der Waals surface area contributed by atoms with Crippen LogP contribution in [0, 0.1) is 0 Å². The maximum atomic E-state index is 12.7. The summed E-state index contributed by atoms with van der Waals surface area (Å²) in [6.45, 7) is 0. The Kier molecular flexibility index (Phi) is 5.79. The summed E-state index contributed by atoms with van der Waals surface area (Å²) < 4.78 is 28.0. The zero-order valence-corrected chi connectivity index (χ0v) is 16.8. The summed E-state index contributed by atoms with van der Waals surface area (Å²) in [7, 11) is -3.94. The Morgan fingerprint density at radius 2 is 1.78 bits per heavy atom. The molecule has 27 heavy (non-hydrogen) atoms. The molecule has 0 fully saturated rings. The Balaban J connectivity index is 1.87. The van der Waals surface area contributed by atoms with Crippen molar-refractivity contribution in [2.45, 2.75) is 4.90 Å². The average molecular weight is 467 g/mol. The number of sulfonamides is 1. The smallest absolute Gasteiger partial charge is 0.264 e. The average Bonchev–Trinajstić information content (AvgIpc) is 2.64. The lowest BCUT2D eigenvalue weighted by Crippen LogP contribution is -2.17. The third kappa shape index (κ3) is 4.85. The Hall–Kier alpha value is -2.42. The number of anilines is 2. The van der Waals surface area contributed by atoms with Gasteiger partial charge in [0.15, 0.2) is 0 Å². The molecule has 0 aliphatic rings. The van der Waals surface area contributed by atoms with Crippen molar-refractivity contribution in [3.63, 3.8) is 0 Å². The zero-order valence-electron chi connectivity index (χ0n) is 13.7. The second-order valence-electron chi connectivity index (χ2n) is 5.43. The highest BCUT2D eigenvalue weighted by molar-refractivity contribution is 9.10. The molecular formula is C18H13BrClN3O3S. The zero-order chi connectivity index (χ0) is 19.4. The number of pyridine rings is 1. The van der Waals surface area contributed by atoms with Gasteiger partial charge in [0.05, 0.1) is 0 Å². The van der Waals surface area contributed by atoms with Gasteiger partial charge in [-0.05, 0) is 70.5 Å². The number of amides is 1. The summed E-state index contributed by atoms with van der Waals surface area (Å²) in [5.74, 6) is -0.264. The Bertz CT molecular complexity index is 1070. The van der Waals surface area contributed by atoms with E-state index in [0.717, 1.165) is 0 Å². The number of hydrogen-bond acceptors (Lipinski definition) is 4. The van der Waals surface area contributed by atoms with Crippen LogP contribution in [-0.4, -0.2) is 19.3 Å². The van der Waals surface area contributed by atoms with E-state index in [0.29, 0.717) is 15.2 Å². The highest BCUT2D eigenvalue weighted by atomic mass is 79.9. The van der Waals surface area contributed by atoms with E-state index in [2.05, 4.69) is 31.0 Å². The molecule has 2 aromatic carbocycles. The maximum Gasteiger partial charge on any atom is 0.264 e. The summed E-state index contributed by atoms with van der Waals surface area (Å²) in [6, 6.07) is 15.8. The van der Waals surface area contributed by atoms with E-state index in [1.165, 1.54) is 30.5 Å². The minimum atomic E-state index is -3.94. The van der Waals surface area contributed by atoms with Gasteiger partial charge in [-0.2, -0.15) is 0 Å². The van der Waals surface area contributed by atoms with Crippen LogP contribution in [0.1, 0.15) is 10.4 Å². The number of hydrogen-bond donors (Lipinski definition) is 2. The van der Waals surface area contributed by atoms with Gasteiger partial charge in [0.2, 0.25) is 0 Å². The number of carbonyl (C=O) groups is 1. The van der Waals surface area contributed by atoms with Crippen molar-refractivity contribution in [3.05, 3.63) is 81.9 Å². The van der Waals surface area contributed by atoms with E-state index in [-0.39, 0.29) is 16.3 Å². The predicted octanol–water partition coefficient (Wildman–Crippen LogP) is 4.55. The maximum absolute atomic E-state index is 12.7. The lowest BCUT2D eigenvalue weighted by atomic mass is 10.2. The van der Waals surface area contributed by atoms with Crippen molar-refractivity contribution in [3.8, 4) is 0 Å². The standard InChI is InChI=1S/C18H13BrClN3O3S/c19-15-9-4-12(18(24)22-14-7-5-13(20)6-8-14)11-16(15)27(25,26)23-17-3-1-2-10-21-17/h1-11H,(H,21,23)(H,22,24). The molecule has 1 amide bonds. The second-order valence-corrected chi connectivity index (χ2v) is 8.37. The first-order valence-corrected chi connectivity index (χ1v) is 10.3. The van der Waals surface area contributed by atoms with Gasteiger partial charge in [-0.15, -0.1) is 0 Å². The normalized spacial score (nSPS) is 11.0. The predicted molar refractivity (Wildman–Crippen MR) is 109 cm³/mol. The van der Waals surface area contributed by atoms with Crippen molar-refractivity contribution in [1.29, 1.82) is 0 Å². The number of nitrogens with zero attached hydrogens (tertiary/aromatic N) is 1. The molecule has 0 unspecified atom stereocenters. The van der Waals surface area contributed by atoms with E-state index >= 15 is 0 Å². The molecule has 3 aromatic rings. The molecule has 6 nitrogen and oxygen atoms in total. The number of aromatic nitrogens is 1. The number of carbonyl (C=O) groups excluding carboxylic acids is 1. The van der Waals surface area contributed by atoms with Crippen molar-refractivity contribution in [2.75, 3.05) is 10.0 Å². The van der Waals surface area contributed by atoms with Crippen LogP contribution in [0.3, 0.4) is 0 Å². The van der Waals surface area contributed by atoms with Gasteiger partial charge < -0.3 is 5.32 Å². The van der Waals surface area contributed by atoms with Gasteiger partial charge in [0, 0.05) is 26.9 Å². The molecule has 0 atom stereocenters. The lowest BCUT2D eigenvalue weighted by molar-refractivity contribution is 0.102. The van der Waals surface area contributed by atoms with E-state index in [4.69, 9.17) is 11.6 Å². The van der Waals surface area contributed by atoms with Gasteiger partial charge in [-0.25, -0.2) is 13.4 Å². The number of rotatable bonds is 5. The third-order valence-electron chi connectivity index (χ3n) is 3.49. The van der Waals surface area contributed by atoms with E-state index in [1.807, 2.05) is 0 Å². The van der Waals surface area contributed by atoms with Crippen molar-refractivity contribution < 1.29 is 13.2 Å². The second kappa shape index (κ2) is 8.08. The summed E-state index contributed by atoms with van der Waals surface area (Å²) in [6.07, 6.45) is 1.48. The van der Waals surface area contributed by atoms with Crippen LogP contribution in [0.5, 0.6) is 0 Å². The van der Waals surface area contributed by atoms with E-state index in [1.54, 1.807) is 36.4 Å². The lowest BCUT2D eigenvalue weighted by Gasteiger charge is -2.11. The molecule has 0 aliphatic heterocycles. The van der Waals surface area contributed by atoms with Gasteiger partial charge in [-0.3, -0.25) is 9.52 Å². The molecular weight excluding hydrogens is 454 g/mol. The molecule has 1 heterocycles. The van der Waals surface area contributed by atoms with Crippen LogP contribution in [0.4, 0.5) is 11.5 Å². The fourth-order valence-corrected chi connectivity index (χ4v) is 4.33. The Morgan fingerprint density at radius 1 is 1.04 bits per heavy atom. The molecule has 0 aliphatic carbocycles. The SMILES string of the molecule is O=C(Nc1ccc(Cl)cc1)c1ccc(Br)c(S(=O)(=O)Nc2ccccn2)c1. The van der Waals surface area contributed by atoms with Crippen LogP contribution < -0.4 is 10.0 Å².